The molecule has 0 N–H and O–H groups in total. The zero-order valence-electron chi connectivity index (χ0n) is 12.4. The molecule has 2 unspecified atom stereocenters. The van der Waals surface area contributed by atoms with Crippen molar-refractivity contribution < 1.29 is 9.59 Å². The molecule has 0 saturated carbocycles. The maximum absolute atomic E-state index is 12.3. The fourth-order valence-corrected chi connectivity index (χ4v) is 2.52. The molecule has 0 spiro atoms. The molecule has 0 aliphatic carbocycles. The van der Waals surface area contributed by atoms with E-state index >= 15 is 0 Å². The van der Waals surface area contributed by atoms with Gasteiger partial charge in [0.2, 0.25) is 11.8 Å². The fourth-order valence-electron chi connectivity index (χ4n) is 2.52. The molecule has 18 heavy (non-hydrogen) atoms. The second-order valence-electron chi connectivity index (χ2n) is 6.19. The molecule has 4 nitrogen and oxygen atoms in total. The van der Waals surface area contributed by atoms with Gasteiger partial charge in [0.1, 0.15) is 12.1 Å². The molecule has 104 valence electrons. The lowest BCUT2D eigenvalue weighted by Crippen LogP contribution is -2.62. The first kappa shape index (κ1) is 15.0. The summed E-state index contributed by atoms with van der Waals surface area (Å²) in [5.74, 6) is 0.974. The van der Waals surface area contributed by atoms with Crippen LogP contribution in [0.15, 0.2) is 0 Å². The summed E-state index contributed by atoms with van der Waals surface area (Å²) in [5.41, 5.74) is 0. The van der Waals surface area contributed by atoms with E-state index < -0.39 is 0 Å². The van der Waals surface area contributed by atoms with E-state index in [9.17, 15) is 9.59 Å². The highest BCUT2D eigenvalue weighted by molar-refractivity contribution is 5.96. The largest absolute Gasteiger partial charge is 0.332 e. The lowest BCUT2D eigenvalue weighted by molar-refractivity contribution is -0.159. The molecule has 4 heteroatoms. The molecule has 0 aromatic heterocycles. The molecule has 2 atom stereocenters. The Morgan fingerprint density at radius 1 is 0.833 bits per heavy atom. The molecule has 0 aromatic rings. The number of likely N-dealkylation sites (N-methyl/N-ethyl adjacent to an activating group) is 2. The van der Waals surface area contributed by atoms with E-state index in [-0.39, 0.29) is 23.9 Å². The summed E-state index contributed by atoms with van der Waals surface area (Å²) in [7, 11) is 3.52. The summed E-state index contributed by atoms with van der Waals surface area (Å²) in [6.07, 6.45) is 1.47. The van der Waals surface area contributed by atoms with Crippen LogP contribution in [0.25, 0.3) is 0 Å². The van der Waals surface area contributed by atoms with Gasteiger partial charge in [0.25, 0.3) is 0 Å². The summed E-state index contributed by atoms with van der Waals surface area (Å²) in [4.78, 5) is 28.0. The molecule has 1 aliphatic heterocycles. The first-order chi connectivity index (χ1) is 8.25. The highest BCUT2D eigenvalue weighted by atomic mass is 16.2. The monoisotopic (exact) mass is 254 g/mol. The third-order valence-corrected chi connectivity index (χ3v) is 3.59. The van der Waals surface area contributed by atoms with Crippen molar-refractivity contribution in [2.45, 2.75) is 52.6 Å². The van der Waals surface area contributed by atoms with Gasteiger partial charge < -0.3 is 9.80 Å². The summed E-state index contributed by atoms with van der Waals surface area (Å²) < 4.78 is 0. The van der Waals surface area contributed by atoms with Crippen molar-refractivity contribution in [2.75, 3.05) is 14.1 Å². The number of carbonyl (C=O) groups excluding carboxylic acids is 2. The topological polar surface area (TPSA) is 40.6 Å². The van der Waals surface area contributed by atoms with Crippen LogP contribution in [-0.4, -0.2) is 47.8 Å². The Bertz CT molecular complexity index is 294. The molecule has 1 aliphatic rings. The minimum atomic E-state index is -0.286. The van der Waals surface area contributed by atoms with Crippen molar-refractivity contribution in [1.82, 2.24) is 9.80 Å². The quantitative estimate of drug-likeness (QED) is 0.767. The molecular formula is C14H26N2O2. The van der Waals surface area contributed by atoms with E-state index in [1.165, 1.54) is 0 Å². The van der Waals surface area contributed by atoms with Crippen molar-refractivity contribution in [3.63, 3.8) is 0 Å². The van der Waals surface area contributed by atoms with Gasteiger partial charge >= 0.3 is 0 Å². The Morgan fingerprint density at radius 3 is 1.33 bits per heavy atom. The molecule has 1 heterocycles. The van der Waals surface area contributed by atoms with Crippen LogP contribution in [-0.2, 0) is 9.59 Å². The summed E-state index contributed by atoms with van der Waals surface area (Å²) in [5, 5.41) is 0. The fraction of sp³-hybridized carbons (Fsp3) is 0.857. The van der Waals surface area contributed by atoms with E-state index in [1.807, 2.05) is 0 Å². The highest BCUT2D eigenvalue weighted by Gasteiger charge is 2.42. The Kier molecular flexibility index (Phi) is 4.77. The summed E-state index contributed by atoms with van der Waals surface area (Å²) in [6.45, 7) is 8.30. The van der Waals surface area contributed by atoms with E-state index in [2.05, 4.69) is 27.7 Å². The van der Waals surface area contributed by atoms with Gasteiger partial charge in [0.15, 0.2) is 0 Å². The number of carbonyl (C=O) groups is 2. The van der Waals surface area contributed by atoms with Gasteiger partial charge in [0.05, 0.1) is 0 Å². The van der Waals surface area contributed by atoms with Crippen LogP contribution in [0.2, 0.25) is 0 Å². The van der Waals surface area contributed by atoms with Crippen molar-refractivity contribution in [3.8, 4) is 0 Å². The van der Waals surface area contributed by atoms with E-state index in [0.29, 0.717) is 11.8 Å². The van der Waals surface area contributed by atoms with Crippen molar-refractivity contribution in [3.05, 3.63) is 0 Å². The van der Waals surface area contributed by atoms with Crippen molar-refractivity contribution in [2.24, 2.45) is 11.8 Å². The molecule has 1 saturated heterocycles. The van der Waals surface area contributed by atoms with Gasteiger partial charge in [-0.1, -0.05) is 27.7 Å². The van der Waals surface area contributed by atoms with Crippen LogP contribution in [0.4, 0.5) is 0 Å². The summed E-state index contributed by atoms with van der Waals surface area (Å²) >= 11 is 0. The van der Waals surface area contributed by atoms with Crippen molar-refractivity contribution >= 4 is 11.8 Å². The minimum absolute atomic E-state index is 0.0800. The van der Waals surface area contributed by atoms with Crippen molar-refractivity contribution in [1.29, 1.82) is 0 Å². The maximum atomic E-state index is 12.3. The number of amides is 2. The molecule has 1 fully saturated rings. The molecule has 2 amide bonds. The Hall–Kier alpha value is -1.06. The number of hydrogen-bond acceptors (Lipinski definition) is 2. The average Bonchev–Trinajstić information content (AvgIpc) is 2.27. The third-order valence-electron chi connectivity index (χ3n) is 3.59. The zero-order chi connectivity index (χ0) is 14.0. The Morgan fingerprint density at radius 2 is 1.11 bits per heavy atom. The zero-order valence-corrected chi connectivity index (χ0v) is 12.4. The number of nitrogens with zero attached hydrogens (tertiary/aromatic N) is 2. The van der Waals surface area contributed by atoms with Crippen LogP contribution in [0.5, 0.6) is 0 Å². The van der Waals surface area contributed by atoms with E-state index in [4.69, 9.17) is 0 Å². The Balaban J connectivity index is 2.88. The third kappa shape index (κ3) is 3.03. The molecule has 1 rings (SSSR count). The van der Waals surface area contributed by atoms with Gasteiger partial charge in [-0.2, -0.15) is 0 Å². The first-order valence-electron chi connectivity index (χ1n) is 6.79. The van der Waals surface area contributed by atoms with Crippen LogP contribution >= 0.6 is 0 Å². The average molecular weight is 254 g/mol. The predicted molar refractivity (Wildman–Crippen MR) is 72.0 cm³/mol. The number of piperazine rings is 1. The van der Waals surface area contributed by atoms with Gasteiger partial charge in [0, 0.05) is 14.1 Å². The van der Waals surface area contributed by atoms with Gasteiger partial charge in [-0.3, -0.25) is 9.59 Å². The molecule has 0 radical (unpaired) electrons. The second kappa shape index (κ2) is 5.72. The first-order valence-corrected chi connectivity index (χ1v) is 6.79. The smallest absolute Gasteiger partial charge is 0.245 e. The highest BCUT2D eigenvalue weighted by Crippen LogP contribution is 2.24. The second-order valence-corrected chi connectivity index (χ2v) is 6.19. The van der Waals surface area contributed by atoms with E-state index in [0.717, 1.165) is 12.8 Å². The van der Waals surface area contributed by atoms with Crippen LogP contribution < -0.4 is 0 Å². The number of hydrogen-bond donors (Lipinski definition) is 0. The van der Waals surface area contributed by atoms with Crippen LogP contribution in [0, 0.1) is 11.8 Å². The van der Waals surface area contributed by atoms with Gasteiger partial charge in [-0.15, -0.1) is 0 Å². The summed E-state index contributed by atoms with van der Waals surface area (Å²) in [6, 6.07) is -0.572. The Labute approximate surface area is 110 Å². The van der Waals surface area contributed by atoms with Crippen LogP contribution in [0.1, 0.15) is 40.5 Å². The predicted octanol–water partition coefficient (Wildman–Crippen LogP) is 1.75. The maximum Gasteiger partial charge on any atom is 0.245 e. The molecule has 0 bridgehead atoms. The standard InChI is InChI=1S/C14H26N2O2/c1-9(2)7-11-13(17)16(6)12(8-10(3)4)14(18)15(11)5/h9-12H,7-8H2,1-6H3. The normalized spacial score (nSPS) is 25.6. The van der Waals surface area contributed by atoms with E-state index in [1.54, 1.807) is 23.9 Å². The number of rotatable bonds is 4. The van der Waals surface area contributed by atoms with Gasteiger partial charge in [-0.25, -0.2) is 0 Å². The van der Waals surface area contributed by atoms with Gasteiger partial charge in [-0.05, 0) is 24.7 Å². The SMILES string of the molecule is CC(C)CC1C(=O)N(C)C(CC(C)C)C(=O)N1C. The molecular weight excluding hydrogens is 228 g/mol. The molecule has 0 aromatic carbocycles. The lowest BCUT2D eigenvalue weighted by Gasteiger charge is -2.43. The van der Waals surface area contributed by atoms with Crippen LogP contribution in [0.3, 0.4) is 0 Å². The minimum Gasteiger partial charge on any atom is -0.332 e. The lowest BCUT2D eigenvalue weighted by atomic mass is 9.93.